The van der Waals surface area contributed by atoms with E-state index in [0.717, 1.165) is 5.56 Å². The van der Waals surface area contributed by atoms with Crippen molar-refractivity contribution in [3.05, 3.63) is 52.1 Å². The molecule has 0 bridgehead atoms. The first kappa shape index (κ1) is 12.0. The van der Waals surface area contributed by atoms with Gasteiger partial charge in [0.05, 0.1) is 34.2 Å². The molecule has 0 aromatic carbocycles. The normalized spacial score (nSPS) is 18.9. The number of rotatable bonds is 1. The molecule has 0 aliphatic carbocycles. The van der Waals surface area contributed by atoms with E-state index in [2.05, 4.69) is 29.0 Å². The van der Waals surface area contributed by atoms with E-state index in [9.17, 15) is 10.5 Å². The monoisotopic (exact) mass is 255 g/mol. The average molecular weight is 255 g/mol. The SMILES string of the molecule is N#CC1=C(N)NC(S)=C(C#N)C1c1cccnc1. The van der Waals surface area contributed by atoms with Crippen LogP contribution in [-0.2, 0) is 0 Å². The van der Waals surface area contributed by atoms with Gasteiger partial charge in [-0.25, -0.2) is 0 Å². The first-order chi connectivity index (χ1) is 8.69. The van der Waals surface area contributed by atoms with Crippen molar-refractivity contribution in [1.82, 2.24) is 10.3 Å². The van der Waals surface area contributed by atoms with Crippen molar-refractivity contribution < 1.29 is 0 Å². The molecule has 1 atom stereocenters. The van der Waals surface area contributed by atoms with E-state index in [0.29, 0.717) is 16.2 Å². The molecule has 2 heterocycles. The average Bonchev–Trinajstić information content (AvgIpc) is 2.39. The second-order valence-corrected chi connectivity index (χ2v) is 4.10. The van der Waals surface area contributed by atoms with Crippen molar-refractivity contribution in [2.45, 2.75) is 5.92 Å². The van der Waals surface area contributed by atoms with Crippen LogP contribution in [0.3, 0.4) is 0 Å². The Bertz CT molecular complexity index is 582. The van der Waals surface area contributed by atoms with Crippen LogP contribution in [0.1, 0.15) is 11.5 Å². The summed E-state index contributed by atoms with van der Waals surface area (Å²) in [4.78, 5) is 4.00. The number of nitriles is 2. The number of allylic oxidation sites excluding steroid dienone is 2. The van der Waals surface area contributed by atoms with Gasteiger partial charge in [-0.15, -0.1) is 12.6 Å². The maximum Gasteiger partial charge on any atom is 0.116 e. The highest BCUT2D eigenvalue weighted by Crippen LogP contribution is 2.36. The van der Waals surface area contributed by atoms with Gasteiger partial charge in [-0.1, -0.05) is 6.07 Å². The second-order valence-electron chi connectivity index (χ2n) is 3.66. The quantitative estimate of drug-likeness (QED) is 0.653. The lowest BCUT2D eigenvalue weighted by atomic mass is 9.85. The summed E-state index contributed by atoms with van der Waals surface area (Å²) in [5.41, 5.74) is 7.16. The van der Waals surface area contributed by atoms with Gasteiger partial charge in [0.15, 0.2) is 0 Å². The van der Waals surface area contributed by atoms with E-state index >= 15 is 0 Å². The third-order valence-electron chi connectivity index (χ3n) is 2.63. The third-order valence-corrected chi connectivity index (χ3v) is 2.99. The molecule has 18 heavy (non-hydrogen) atoms. The van der Waals surface area contributed by atoms with Crippen molar-refractivity contribution in [1.29, 1.82) is 10.5 Å². The summed E-state index contributed by atoms with van der Waals surface area (Å²) in [7, 11) is 0. The number of hydrogen-bond acceptors (Lipinski definition) is 6. The van der Waals surface area contributed by atoms with Crippen molar-refractivity contribution in [3.63, 3.8) is 0 Å². The Hall–Kier alpha value is -2.44. The van der Waals surface area contributed by atoms with E-state index in [1.807, 2.05) is 6.07 Å². The molecule has 0 spiro atoms. The van der Waals surface area contributed by atoms with E-state index in [4.69, 9.17) is 5.73 Å². The summed E-state index contributed by atoms with van der Waals surface area (Å²) in [5.74, 6) is -0.294. The molecule has 0 radical (unpaired) electrons. The summed E-state index contributed by atoms with van der Waals surface area (Å²) in [6.45, 7) is 0. The summed E-state index contributed by atoms with van der Waals surface area (Å²) in [6, 6.07) is 7.63. The van der Waals surface area contributed by atoms with Crippen LogP contribution in [0, 0.1) is 22.7 Å². The van der Waals surface area contributed by atoms with Gasteiger partial charge in [0.2, 0.25) is 0 Å². The van der Waals surface area contributed by atoms with E-state index in [-0.39, 0.29) is 5.82 Å². The maximum atomic E-state index is 9.20. The summed E-state index contributed by atoms with van der Waals surface area (Å²) in [6.07, 6.45) is 3.24. The topological polar surface area (TPSA) is 98.5 Å². The van der Waals surface area contributed by atoms with Crippen LogP contribution in [-0.4, -0.2) is 4.98 Å². The second kappa shape index (κ2) is 4.82. The number of thiol groups is 1. The lowest BCUT2D eigenvalue weighted by Gasteiger charge is -2.24. The summed E-state index contributed by atoms with van der Waals surface area (Å²) in [5, 5.41) is 21.5. The molecule has 6 heteroatoms. The van der Waals surface area contributed by atoms with Crippen LogP contribution < -0.4 is 11.1 Å². The fourth-order valence-corrected chi connectivity index (χ4v) is 2.12. The number of nitrogens with one attached hydrogen (secondary N) is 1. The van der Waals surface area contributed by atoms with Gasteiger partial charge in [-0.2, -0.15) is 10.5 Å². The van der Waals surface area contributed by atoms with E-state index in [1.165, 1.54) is 0 Å². The largest absolute Gasteiger partial charge is 0.384 e. The number of aromatic nitrogens is 1. The molecule has 88 valence electrons. The third kappa shape index (κ3) is 1.90. The predicted molar refractivity (Wildman–Crippen MR) is 68.6 cm³/mol. The Morgan fingerprint density at radius 3 is 2.61 bits per heavy atom. The van der Waals surface area contributed by atoms with Crippen molar-refractivity contribution in [3.8, 4) is 12.1 Å². The fourth-order valence-electron chi connectivity index (χ4n) is 1.82. The van der Waals surface area contributed by atoms with Crippen molar-refractivity contribution >= 4 is 12.6 Å². The van der Waals surface area contributed by atoms with Gasteiger partial charge in [0.25, 0.3) is 0 Å². The van der Waals surface area contributed by atoms with Gasteiger partial charge >= 0.3 is 0 Å². The molecule has 1 aliphatic rings. The number of pyridine rings is 1. The molecule has 1 aromatic heterocycles. The Balaban J connectivity index is 2.62. The Morgan fingerprint density at radius 2 is 2.06 bits per heavy atom. The zero-order chi connectivity index (χ0) is 13.1. The molecule has 0 saturated carbocycles. The lowest BCUT2D eigenvalue weighted by Crippen LogP contribution is -2.28. The van der Waals surface area contributed by atoms with Crippen LogP contribution in [0.25, 0.3) is 0 Å². The van der Waals surface area contributed by atoms with Crippen LogP contribution in [0.15, 0.2) is 46.5 Å². The molecule has 0 saturated heterocycles. The molecular weight excluding hydrogens is 246 g/mol. The molecule has 3 N–H and O–H groups in total. The summed E-state index contributed by atoms with van der Waals surface area (Å²) >= 11 is 4.19. The molecule has 1 aliphatic heterocycles. The van der Waals surface area contributed by atoms with Crippen LogP contribution >= 0.6 is 12.6 Å². The Kier molecular flexibility index (Phi) is 3.22. The van der Waals surface area contributed by atoms with Crippen LogP contribution in [0.2, 0.25) is 0 Å². The number of hydrogen-bond donors (Lipinski definition) is 3. The summed E-state index contributed by atoms with van der Waals surface area (Å²) < 4.78 is 0. The lowest BCUT2D eigenvalue weighted by molar-refractivity contribution is 0.838. The van der Waals surface area contributed by atoms with E-state index < -0.39 is 5.92 Å². The Morgan fingerprint density at radius 1 is 1.33 bits per heavy atom. The van der Waals surface area contributed by atoms with Gasteiger partial charge in [-0.3, -0.25) is 4.98 Å². The number of dihydropyridines is 1. The van der Waals surface area contributed by atoms with Crippen molar-refractivity contribution in [2.75, 3.05) is 0 Å². The highest BCUT2D eigenvalue weighted by Gasteiger charge is 2.30. The fraction of sp³-hybridized carbons (Fsp3) is 0.0833. The van der Waals surface area contributed by atoms with Gasteiger partial charge in [-0.05, 0) is 11.6 Å². The molecule has 1 aromatic rings. The van der Waals surface area contributed by atoms with Gasteiger partial charge < -0.3 is 11.1 Å². The first-order valence-corrected chi connectivity index (χ1v) is 5.53. The Labute approximate surface area is 110 Å². The standard InChI is InChI=1S/C12H9N5S/c13-4-8-10(7-2-1-3-16-6-7)9(5-14)12(18)17-11(8)15/h1-3,6,10,17-18H,15H2. The first-order valence-electron chi connectivity index (χ1n) is 5.09. The molecule has 0 amide bonds. The highest BCUT2D eigenvalue weighted by atomic mass is 32.1. The minimum atomic E-state index is -0.512. The smallest absolute Gasteiger partial charge is 0.116 e. The molecule has 2 rings (SSSR count). The molecule has 5 nitrogen and oxygen atoms in total. The molecule has 1 unspecified atom stereocenters. The minimum absolute atomic E-state index is 0.218. The maximum absolute atomic E-state index is 9.20. The van der Waals surface area contributed by atoms with Crippen molar-refractivity contribution in [2.24, 2.45) is 5.73 Å². The molecular formula is C12H9N5S. The van der Waals surface area contributed by atoms with Crippen LogP contribution in [0.4, 0.5) is 0 Å². The minimum Gasteiger partial charge on any atom is -0.384 e. The number of nitrogens with zero attached hydrogens (tertiary/aromatic N) is 3. The van der Waals surface area contributed by atoms with Gasteiger partial charge in [0.1, 0.15) is 5.82 Å². The zero-order valence-electron chi connectivity index (χ0n) is 9.25. The molecule has 0 fully saturated rings. The zero-order valence-corrected chi connectivity index (χ0v) is 10.1. The predicted octanol–water partition coefficient (Wildman–Crippen LogP) is 1.13. The number of nitrogens with two attached hydrogens (primary N) is 1. The van der Waals surface area contributed by atoms with Gasteiger partial charge in [0, 0.05) is 12.4 Å². The van der Waals surface area contributed by atoms with E-state index in [1.54, 1.807) is 24.5 Å². The van der Waals surface area contributed by atoms with Crippen LogP contribution in [0.5, 0.6) is 0 Å². The highest BCUT2D eigenvalue weighted by molar-refractivity contribution is 7.84.